The minimum absolute atomic E-state index is 0.140. The molecule has 1 aliphatic heterocycles. The highest BCUT2D eigenvalue weighted by molar-refractivity contribution is 7.89. The molecule has 0 spiro atoms. The molecule has 2 fully saturated rings. The molecule has 3 heterocycles. The molecule has 42 heavy (non-hydrogen) atoms. The molecule has 0 radical (unpaired) electrons. The molecular weight excluding hydrogens is 572 g/mol. The lowest BCUT2D eigenvalue weighted by molar-refractivity contribution is -0.137. The fourth-order valence-electron chi connectivity index (χ4n) is 6.67. The maximum Gasteiger partial charge on any atom is 0.416 e. The quantitative estimate of drug-likeness (QED) is 0.268. The van der Waals surface area contributed by atoms with Gasteiger partial charge >= 0.3 is 6.18 Å². The molecule has 1 saturated heterocycles. The molecule has 5 aromatic rings. The maximum absolute atomic E-state index is 13.5. The molecule has 0 N–H and O–H groups in total. The van der Waals surface area contributed by atoms with Crippen LogP contribution in [0.3, 0.4) is 0 Å². The summed E-state index contributed by atoms with van der Waals surface area (Å²) in [6.45, 7) is 2.27. The van der Waals surface area contributed by atoms with Gasteiger partial charge in [0.25, 0.3) is 10.0 Å². The van der Waals surface area contributed by atoms with Crippen LogP contribution in [0.4, 0.5) is 17.6 Å². The van der Waals surface area contributed by atoms with Crippen molar-refractivity contribution in [1.29, 1.82) is 0 Å². The molecule has 7 rings (SSSR count). The minimum Gasteiger partial charge on any atom is -0.233 e. The molecule has 0 unspecified atom stereocenters. The van der Waals surface area contributed by atoms with Crippen LogP contribution in [0.2, 0.25) is 0 Å². The van der Waals surface area contributed by atoms with E-state index >= 15 is 0 Å². The van der Waals surface area contributed by atoms with Crippen molar-refractivity contribution < 1.29 is 26.0 Å². The van der Waals surface area contributed by atoms with Gasteiger partial charge in [0.2, 0.25) is 5.03 Å². The third-order valence-corrected chi connectivity index (χ3v) is 10.3. The fraction of sp³-hybridized carbons (Fsp3) is 0.276. The van der Waals surface area contributed by atoms with Gasteiger partial charge in [0.1, 0.15) is 5.82 Å². The van der Waals surface area contributed by atoms with Crippen LogP contribution in [0.15, 0.2) is 78.1 Å². The Bertz CT molecular complexity index is 1950. The zero-order valence-corrected chi connectivity index (χ0v) is 23.2. The van der Waals surface area contributed by atoms with Crippen LogP contribution in [0, 0.1) is 18.7 Å². The van der Waals surface area contributed by atoms with Gasteiger partial charge in [0.05, 0.1) is 29.2 Å². The Labute approximate surface area is 238 Å². The largest absolute Gasteiger partial charge is 0.416 e. The third-order valence-electron chi connectivity index (χ3n) is 8.61. The second-order valence-corrected chi connectivity index (χ2v) is 12.9. The number of nitrogens with zero attached hydrogens (tertiary/aromatic N) is 6. The van der Waals surface area contributed by atoms with Crippen molar-refractivity contribution in [3.05, 3.63) is 101 Å². The molecule has 216 valence electrons. The van der Waals surface area contributed by atoms with Crippen molar-refractivity contribution in [3.63, 3.8) is 0 Å². The van der Waals surface area contributed by atoms with Gasteiger partial charge in [-0.2, -0.15) is 32.5 Å². The summed E-state index contributed by atoms with van der Waals surface area (Å²) in [5.74, 6) is -0.704. The van der Waals surface area contributed by atoms with Crippen molar-refractivity contribution in [3.8, 4) is 5.69 Å². The van der Waals surface area contributed by atoms with Gasteiger partial charge in [-0.05, 0) is 78.1 Å². The molecular formula is C29H24F4N6O2S. The van der Waals surface area contributed by atoms with E-state index in [4.69, 9.17) is 0 Å². The molecule has 3 aromatic carbocycles. The van der Waals surface area contributed by atoms with E-state index in [0.29, 0.717) is 5.69 Å². The van der Waals surface area contributed by atoms with Crippen LogP contribution >= 0.6 is 0 Å². The fourth-order valence-corrected chi connectivity index (χ4v) is 8.08. The summed E-state index contributed by atoms with van der Waals surface area (Å²) in [7, 11) is -2.41. The standard InChI is InChI=1S/C29H24F4N6O2S/c1-17-11-25-19(13-35-39(25)22-9-7-21(30)8-10-22)12-23(17)28-16-38(42(40,41)26-14-34-37(2)36-26)15-24(28)27(28)18-3-5-20(6-4-18)29(31,32)33/h3-14,24,27H,15-16H2,1-2H3/t24-,27+,28+/m1/s1. The SMILES string of the molecule is Cc1cc2c(cnn2-c2ccc(F)cc2)cc1[C@@]12CN(S(=O)(=O)c3cnn(C)n3)C[C@@H]1[C@@H]2c1ccc(C(F)(F)F)cc1. The third kappa shape index (κ3) is 3.97. The molecule has 1 aliphatic carbocycles. The summed E-state index contributed by atoms with van der Waals surface area (Å²) >= 11 is 0. The van der Waals surface area contributed by atoms with Crippen molar-refractivity contribution in [2.45, 2.75) is 29.5 Å². The Balaban J connectivity index is 1.32. The molecule has 0 bridgehead atoms. The summed E-state index contributed by atoms with van der Waals surface area (Å²) in [6.07, 6.45) is -1.55. The van der Waals surface area contributed by atoms with Gasteiger partial charge in [-0.1, -0.05) is 12.1 Å². The number of halogens is 4. The van der Waals surface area contributed by atoms with Crippen LogP contribution in [-0.4, -0.2) is 50.6 Å². The first-order valence-electron chi connectivity index (χ1n) is 13.2. The van der Waals surface area contributed by atoms with E-state index in [9.17, 15) is 26.0 Å². The summed E-state index contributed by atoms with van der Waals surface area (Å²) < 4.78 is 83.5. The molecule has 1 saturated carbocycles. The van der Waals surface area contributed by atoms with Crippen molar-refractivity contribution in [2.75, 3.05) is 13.1 Å². The van der Waals surface area contributed by atoms with Crippen molar-refractivity contribution >= 4 is 20.9 Å². The van der Waals surface area contributed by atoms with E-state index in [1.807, 2.05) is 19.1 Å². The Morgan fingerprint density at radius 1 is 0.976 bits per heavy atom. The number of rotatable bonds is 5. The van der Waals surface area contributed by atoms with Crippen molar-refractivity contribution in [2.24, 2.45) is 13.0 Å². The molecule has 2 aromatic heterocycles. The second-order valence-electron chi connectivity index (χ2n) is 11.0. The van der Waals surface area contributed by atoms with E-state index in [-0.39, 0.29) is 35.8 Å². The van der Waals surface area contributed by atoms with Gasteiger partial charge in [-0.15, -0.1) is 5.10 Å². The highest BCUT2D eigenvalue weighted by atomic mass is 32.2. The zero-order chi connectivity index (χ0) is 29.6. The summed E-state index contributed by atoms with van der Waals surface area (Å²) in [5.41, 5.74) is 2.63. The van der Waals surface area contributed by atoms with Crippen molar-refractivity contribution in [1.82, 2.24) is 29.1 Å². The van der Waals surface area contributed by atoms with E-state index < -0.39 is 27.2 Å². The van der Waals surface area contributed by atoms with Gasteiger partial charge in [0, 0.05) is 36.9 Å². The van der Waals surface area contributed by atoms with Crippen LogP contribution in [-0.2, 0) is 28.7 Å². The Morgan fingerprint density at radius 2 is 1.69 bits per heavy atom. The number of piperidine rings is 1. The minimum atomic E-state index is -4.45. The Hall–Kier alpha value is -4.10. The number of alkyl halides is 3. The molecule has 13 heteroatoms. The highest BCUT2D eigenvalue weighted by Crippen LogP contribution is 2.70. The molecule has 8 nitrogen and oxygen atoms in total. The zero-order valence-electron chi connectivity index (χ0n) is 22.4. The smallest absolute Gasteiger partial charge is 0.233 e. The topological polar surface area (TPSA) is 85.9 Å². The Morgan fingerprint density at radius 3 is 2.33 bits per heavy atom. The van der Waals surface area contributed by atoms with E-state index in [2.05, 4.69) is 15.3 Å². The average molecular weight is 597 g/mol. The average Bonchev–Trinajstić information content (AvgIpc) is 3.37. The molecule has 3 atom stereocenters. The number of sulfonamides is 1. The first kappa shape index (κ1) is 26.8. The monoisotopic (exact) mass is 596 g/mol. The Kier molecular flexibility index (Phi) is 5.71. The number of fused-ring (bicyclic) bond motifs is 2. The lowest BCUT2D eigenvalue weighted by Crippen LogP contribution is -2.35. The second kappa shape index (κ2) is 8.95. The summed E-state index contributed by atoms with van der Waals surface area (Å²) in [6, 6.07) is 15.1. The predicted molar refractivity (Wildman–Crippen MR) is 145 cm³/mol. The lowest BCUT2D eigenvalue weighted by Gasteiger charge is -2.25. The van der Waals surface area contributed by atoms with Gasteiger partial charge in [0.15, 0.2) is 0 Å². The molecule has 0 amide bonds. The summed E-state index contributed by atoms with van der Waals surface area (Å²) in [5, 5.41) is 13.1. The predicted octanol–water partition coefficient (Wildman–Crippen LogP) is 4.98. The first-order chi connectivity index (χ1) is 19.9. The number of hydrogen-bond donors (Lipinski definition) is 0. The van der Waals surface area contributed by atoms with E-state index in [0.717, 1.165) is 39.7 Å². The number of benzene rings is 3. The van der Waals surface area contributed by atoms with E-state index in [1.54, 1.807) is 23.0 Å². The van der Waals surface area contributed by atoms with Crippen LogP contribution in [0.1, 0.15) is 28.2 Å². The van der Waals surface area contributed by atoms with Crippen LogP contribution in [0.25, 0.3) is 16.6 Å². The number of hydrogen-bond acceptors (Lipinski definition) is 5. The maximum atomic E-state index is 13.5. The first-order valence-corrected chi connectivity index (χ1v) is 14.6. The number of aromatic nitrogens is 5. The molecule has 2 aliphatic rings. The van der Waals surface area contributed by atoms with Gasteiger partial charge in [-0.25, -0.2) is 17.5 Å². The summed E-state index contributed by atoms with van der Waals surface area (Å²) in [4.78, 5) is 1.18. The van der Waals surface area contributed by atoms with Crippen LogP contribution < -0.4 is 0 Å². The highest BCUT2D eigenvalue weighted by Gasteiger charge is 2.71. The lowest BCUT2D eigenvalue weighted by atomic mass is 9.86. The normalized spacial score (nSPS) is 22.5. The van der Waals surface area contributed by atoms with Gasteiger partial charge < -0.3 is 0 Å². The van der Waals surface area contributed by atoms with Gasteiger partial charge in [-0.3, -0.25) is 0 Å². The number of aryl methyl sites for hydroxylation is 2. The van der Waals surface area contributed by atoms with E-state index in [1.165, 1.54) is 46.6 Å². The van der Waals surface area contributed by atoms with Crippen LogP contribution in [0.5, 0.6) is 0 Å².